The van der Waals surface area contributed by atoms with Crippen molar-refractivity contribution < 1.29 is 81.4 Å². The van der Waals surface area contributed by atoms with Crippen molar-refractivity contribution in [2.24, 2.45) is 0 Å². The number of benzene rings is 1. The molecule has 2 amide bonds. The molecule has 0 saturated carbocycles. The molecule has 0 radical (unpaired) electrons. The Bertz CT molecular complexity index is 1940. The van der Waals surface area contributed by atoms with Crippen LogP contribution in [0, 0.1) is 0 Å². The molecule has 1 fully saturated rings. The molecule has 3 rings (SSSR count). The number of nitrogens with zero attached hydrogens (tertiary/aromatic N) is 2. The summed E-state index contributed by atoms with van der Waals surface area (Å²) in [6.45, 7) is 2.20. The van der Waals surface area contributed by atoms with E-state index in [0.717, 1.165) is 46.3 Å². The Morgan fingerprint density at radius 1 is 0.950 bits per heavy atom. The van der Waals surface area contributed by atoms with Crippen molar-refractivity contribution in [3.8, 4) is 0 Å². The summed E-state index contributed by atoms with van der Waals surface area (Å²) in [4.78, 5) is 118. The third-order valence-corrected chi connectivity index (χ3v) is 8.39. The van der Waals surface area contributed by atoms with E-state index < -0.39 is 128 Å². The number of methoxy groups -OCH3 is 1. The van der Waals surface area contributed by atoms with Gasteiger partial charge in [-0.2, -0.15) is 4.98 Å². The van der Waals surface area contributed by atoms with Gasteiger partial charge in [0.25, 0.3) is 5.79 Å². The molecule has 0 bridgehead atoms. The predicted octanol–water partition coefficient (Wildman–Crippen LogP) is -2.05. The zero-order valence-corrected chi connectivity index (χ0v) is 33.5. The third-order valence-electron chi connectivity index (χ3n) is 8.39. The summed E-state index contributed by atoms with van der Waals surface area (Å²) in [5.74, 6) is -11.1. The van der Waals surface area contributed by atoms with Crippen LogP contribution in [-0.4, -0.2) is 131 Å². The largest absolute Gasteiger partial charge is 0.465 e. The Labute approximate surface area is 342 Å². The van der Waals surface area contributed by atoms with E-state index in [-0.39, 0.29) is 12.4 Å². The van der Waals surface area contributed by atoms with Crippen LogP contribution in [-0.2, 0) is 89.4 Å². The van der Waals surface area contributed by atoms with Crippen molar-refractivity contribution in [2.45, 2.75) is 103 Å². The number of hydrogen-bond acceptors (Lipinski definition) is 20. The summed E-state index contributed by atoms with van der Waals surface area (Å²) in [6.07, 6.45) is -8.51. The van der Waals surface area contributed by atoms with E-state index in [1.807, 2.05) is 0 Å². The van der Waals surface area contributed by atoms with Gasteiger partial charge in [-0.25, -0.2) is 14.4 Å². The topological polar surface area (TPSA) is 316 Å². The molecule has 5 N–H and O–H groups in total. The fraction of sp³-hybridized carbons (Fsp3) is 0.514. The monoisotopic (exact) mass is 849 g/mol. The number of nitrogen functional groups attached to an aromatic ring is 1. The molecule has 0 spiro atoms. The maximum absolute atomic E-state index is 13.7. The van der Waals surface area contributed by atoms with Crippen LogP contribution < -0.4 is 22.1 Å². The van der Waals surface area contributed by atoms with E-state index in [1.165, 1.54) is 12.3 Å². The molecule has 328 valence electrons. The molecule has 2 heterocycles. The quantitative estimate of drug-likeness (QED) is 0.0873. The highest BCUT2D eigenvalue weighted by Crippen LogP contribution is 2.37. The highest BCUT2D eigenvalue weighted by Gasteiger charge is 2.59. The molecule has 0 aliphatic carbocycles. The smallest absolute Gasteiger partial charge is 0.366 e. The number of esters is 6. The maximum Gasteiger partial charge on any atom is 0.366 e. The van der Waals surface area contributed by atoms with E-state index in [9.17, 15) is 48.3 Å². The fourth-order valence-electron chi connectivity index (χ4n) is 5.96. The van der Waals surface area contributed by atoms with Gasteiger partial charge in [0.2, 0.25) is 11.8 Å². The highest BCUT2D eigenvalue weighted by atomic mass is 16.7. The summed E-state index contributed by atoms with van der Waals surface area (Å²) in [5.41, 5.74) is 5.21. The van der Waals surface area contributed by atoms with E-state index in [0.29, 0.717) is 5.56 Å². The summed E-state index contributed by atoms with van der Waals surface area (Å²) < 4.78 is 44.4. The van der Waals surface area contributed by atoms with Gasteiger partial charge in [0, 0.05) is 40.8 Å². The molecule has 8 atom stereocenters. The molecular weight excluding hydrogens is 802 g/mol. The number of amides is 2. The molecule has 1 aliphatic rings. The van der Waals surface area contributed by atoms with Crippen LogP contribution in [0.3, 0.4) is 0 Å². The average Bonchev–Trinajstić information content (AvgIpc) is 3.17. The first kappa shape index (κ1) is 47.9. The number of carbonyl (C=O) groups excluding carboxylic acids is 8. The van der Waals surface area contributed by atoms with Gasteiger partial charge in [-0.05, 0) is 11.6 Å². The van der Waals surface area contributed by atoms with Crippen molar-refractivity contribution in [3.63, 3.8) is 0 Å². The van der Waals surface area contributed by atoms with Crippen LogP contribution >= 0.6 is 0 Å². The Morgan fingerprint density at radius 3 is 2.18 bits per heavy atom. The minimum atomic E-state index is -2.78. The number of rotatable bonds is 19. The van der Waals surface area contributed by atoms with Gasteiger partial charge in [0.15, 0.2) is 18.2 Å². The molecule has 60 heavy (non-hydrogen) atoms. The summed E-state index contributed by atoms with van der Waals surface area (Å²) in [7, 11) is 0.904. The number of carbonyl (C=O) groups is 8. The van der Waals surface area contributed by atoms with Crippen LogP contribution in [0.25, 0.3) is 0 Å². The second kappa shape index (κ2) is 22.1. The highest BCUT2D eigenvalue weighted by molar-refractivity contribution is 5.86. The van der Waals surface area contributed by atoms with E-state index in [4.69, 9.17) is 43.6 Å². The number of aliphatic hydroxyl groups is 1. The third kappa shape index (κ3) is 14.1. The Kier molecular flexibility index (Phi) is 17.6. The lowest BCUT2D eigenvalue weighted by Gasteiger charge is -2.48. The van der Waals surface area contributed by atoms with Crippen molar-refractivity contribution >= 4 is 53.4 Å². The Balaban J connectivity index is 2.06. The van der Waals surface area contributed by atoms with Gasteiger partial charge < -0.3 is 59.4 Å². The van der Waals surface area contributed by atoms with Crippen LogP contribution in [0.4, 0.5) is 5.82 Å². The first-order chi connectivity index (χ1) is 28.2. The van der Waals surface area contributed by atoms with Crippen molar-refractivity contribution in [1.29, 1.82) is 0 Å². The molecule has 1 saturated heterocycles. The van der Waals surface area contributed by atoms with Crippen LogP contribution in [0.5, 0.6) is 0 Å². The van der Waals surface area contributed by atoms with Crippen LogP contribution in [0.2, 0.25) is 0 Å². The average molecular weight is 850 g/mol. The second-order valence-electron chi connectivity index (χ2n) is 13.2. The standard InChI is InChI=1S/C37H47N5O18/c1-19(43)39-31-26(57-21(3)45)14-37(35(51)53-6,60-33(31)32(59-23(5)47)27(58-22(4)46)17-54-20(2)44)56-18-29(49)41-30(34(50)55-16-24-10-8-7-9-11-24)25(48)15-42-13-12-28(38)40-36(42)52/h7-13,25-27,30-33,48H,14-18H2,1-6H3,(H,39,43)(H,41,49)(H2,38,40,52)/t25-,26-,27+,30-,31+,32+,33+,37+/m0/s1. The number of aromatic nitrogens is 2. The van der Waals surface area contributed by atoms with Crippen molar-refractivity contribution in [3.05, 3.63) is 58.6 Å². The zero-order chi connectivity index (χ0) is 44.7. The van der Waals surface area contributed by atoms with E-state index in [2.05, 4.69) is 15.6 Å². The van der Waals surface area contributed by atoms with E-state index >= 15 is 0 Å². The van der Waals surface area contributed by atoms with Gasteiger partial charge in [-0.1, -0.05) is 30.3 Å². The lowest BCUT2D eigenvalue weighted by atomic mass is 9.88. The molecule has 1 aromatic heterocycles. The number of hydrogen-bond donors (Lipinski definition) is 4. The maximum atomic E-state index is 13.7. The van der Waals surface area contributed by atoms with Crippen molar-refractivity contribution in [2.75, 3.05) is 26.1 Å². The second-order valence-corrected chi connectivity index (χ2v) is 13.2. The normalized spacial score (nSPS) is 20.4. The number of ether oxygens (including phenoxy) is 8. The van der Waals surface area contributed by atoms with Gasteiger partial charge in [0.1, 0.15) is 44.0 Å². The molecule has 23 heteroatoms. The lowest BCUT2D eigenvalue weighted by molar-refractivity contribution is -0.312. The molecule has 1 aliphatic heterocycles. The Morgan fingerprint density at radius 2 is 1.62 bits per heavy atom. The minimum Gasteiger partial charge on any atom is -0.465 e. The first-order valence-corrected chi connectivity index (χ1v) is 18.1. The van der Waals surface area contributed by atoms with Crippen molar-refractivity contribution in [1.82, 2.24) is 20.2 Å². The molecular formula is C37H47N5O18. The number of nitrogens with two attached hydrogens (primary N) is 1. The number of aliphatic hydroxyl groups excluding tert-OH is 1. The van der Waals surface area contributed by atoms with Gasteiger partial charge in [-0.15, -0.1) is 0 Å². The van der Waals surface area contributed by atoms with Gasteiger partial charge in [-0.3, -0.25) is 33.3 Å². The van der Waals surface area contributed by atoms with Gasteiger partial charge >= 0.3 is 41.5 Å². The van der Waals surface area contributed by atoms with Gasteiger partial charge in [0.05, 0.1) is 26.1 Å². The molecule has 23 nitrogen and oxygen atoms in total. The fourth-order valence-corrected chi connectivity index (χ4v) is 5.96. The number of anilines is 1. The summed E-state index contributed by atoms with van der Waals surface area (Å²) in [5, 5.41) is 15.9. The van der Waals surface area contributed by atoms with Crippen LogP contribution in [0.15, 0.2) is 47.4 Å². The predicted molar refractivity (Wildman–Crippen MR) is 198 cm³/mol. The Hall–Kier alpha value is -6.46. The van der Waals surface area contributed by atoms with Crippen LogP contribution in [0.1, 0.15) is 46.6 Å². The van der Waals surface area contributed by atoms with E-state index in [1.54, 1.807) is 30.3 Å². The summed E-state index contributed by atoms with van der Waals surface area (Å²) >= 11 is 0. The first-order valence-electron chi connectivity index (χ1n) is 18.1. The molecule has 1 aromatic carbocycles. The molecule has 2 aromatic rings. The lowest BCUT2D eigenvalue weighted by Crippen LogP contribution is -2.69. The molecule has 0 unspecified atom stereocenters. The summed E-state index contributed by atoms with van der Waals surface area (Å²) in [6, 6.07) is 6.21. The number of nitrogens with one attached hydrogen (secondary N) is 2. The SMILES string of the molecule is COC(=O)[C@@]1(OCC(=O)N[C@H](C(=O)OCc2ccccc2)[C@@H](O)Cn2ccc(N)nc2=O)C[C@H](OC(C)=O)[C@@H](NC(C)=O)[C@H]([C@H](OC(C)=O)[C@@H](COC(C)=O)OC(C)=O)O1. The minimum absolute atomic E-state index is 0.119. The zero-order valence-electron chi connectivity index (χ0n) is 33.5.